The van der Waals surface area contributed by atoms with Crippen LogP contribution in [-0.4, -0.2) is 54.5 Å². The number of urea groups is 1. The number of nitrogens with one attached hydrogen (secondary N) is 3. The molecule has 1 unspecified atom stereocenters. The minimum Gasteiger partial charge on any atom is -0.355 e. The summed E-state index contributed by atoms with van der Waals surface area (Å²) in [6.07, 6.45) is 6.47. The smallest absolute Gasteiger partial charge is 0.325 e. The zero-order chi connectivity index (χ0) is 17.9. The molecule has 2 heterocycles. The van der Waals surface area contributed by atoms with Gasteiger partial charge in [0.25, 0.3) is 5.91 Å². The molecule has 1 atom stereocenters. The van der Waals surface area contributed by atoms with Gasteiger partial charge in [-0.25, -0.2) is 4.79 Å². The predicted octanol–water partition coefficient (Wildman–Crippen LogP) is 0.993. The lowest BCUT2D eigenvalue weighted by atomic mass is 9.75. The maximum absolute atomic E-state index is 12.8. The van der Waals surface area contributed by atoms with Crippen molar-refractivity contribution in [2.75, 3.05) is 26.2 Å². The Kier molecular flexibility index (Phi) is 5.61. The van der Waals surface area contributed by atoms with Crippen LogP contribution < -0.4 is 16.0 Å². The molecule has 25 heavy (non-hydrogen) atoms. The van der Waals surface area contributed by atoms with Crippen molar-refractivity contribution >= 4 is 17.8 Å². The normalized spacial score (nSPS) is 32.3. The van der Waals surface area contributed by atoms with E-state index < -0.39 is 11.6 Å². The van der Waals surface area contributed by atoms with E-state index in [0.29, 0.717) is 31.2 Å². The van der Waals surface area contributed by atoms with E-state index in [1.54, 1.807) is 0 Å². The molecule has 140 valence electrons. The third-order valence-corrected chi connectivity index (χ3v) is 6.12. The number of carbonyl (C=O) groups is 3. The topological polar surface area (TPSA) is 90.5 Å². The van der Waals surface area contributed by atoms with Crippen LogP contribution in [0.15, 0.2) is 0 Å². The van der Waals surface area contributed by atoms with Gasteiger partial charge in [-0.1, -0.05) is 13.3 Å². The maximum atomic E-state index is 12.8. The van der Waals surface area contributed by atoms with Crippen molar-refractivity contribution in [1.82, 2.24) is 20.9 Å². The van der Waals surface area contributed by atoms with E-state index in [4.69, 9.17) is 0 Å². The number of hydrogen-bond donors (Lipinski definition) is 3. The summed E-state index contributed by atoms with van der Waals surface area (Å²) < 4.78 is 0. The fourth-order valence-corrected chi connectivity index (χ4v) is 4.31. The number of rotatable bonds is 6. The number of nitrogens with zero attached hydrogens (tertiary/aromatic N) is 1. The van der Waals surface area contributed by atoms with Gasteiger partial charge in [-0.05, 0) is 63.5 Å². The number of carbonyl (C=O) groups excluding carboxylic acids is 3. The summed E-state index contributed by atoms with van der Waals surface area (Å²) in [5.41, 5.74) is -0.765. The molecule has 0 radical (unpaired) electrons. The molecule has 7 heteroatoms. The van der Waals surface area contributed by atoms with Gasteiger partial charge in [-0.15, -0.1) is 0 Å². The van der Waals surface area contributed by atoms with Gasteiger partial charge in [0.1, 0.15) is 12.1 Å². The molecule has 1 saturated carbocycles. The first-order chi connectivity index (χ1) is 12.0. The van der Waals surface area contributed by atoms with E-state index >= 15 is 0 Å². The van der Waals surface area contributed by atoms with E-state index in [2.05, 4.69) is 22.9 Å². The van der Waals surface area contributed by atoms with Crippen LogP contribution in [0, 0.1) is 11.8 Å². The molecule has 3 fully saturated rings. The summed E-state index contributed by atoms with van der Waals surface area (Å²) in [5, 5.41) is 9.02. The van der Waals surface area contributed by atoms with Crippen LogP contribution in [0.2, 0.25) is 0 Å². The number of imide groups is 1. The van der Waals surface area contributed by atoms with E-state index in [1.807, 2.05) is 0 Å². The lowest BCUT2D eigenvalue weighted by Crippen LogP contribution is -2.50. The van der Waals surface area contributed by atoms with Gasteiger partial charge in [0.2, 0.25) is 5.91 Å². The summed E-state index contributed by atoms with van der Waals surface area (Å²) in [5.74, 6) is 0.766. The molecule has 0 aromatic carbocycles. The Balaban J connectivity index is 1.48. The predicted molar refractivity (Wildman–Crippen MR) is 93.8 cm³/mol. The second-order valence-electron chi connectivity index (χ2n) is 7.75. The molecule has 0 bridgehead atoms. The molecule has 4 amide bonds. The van der Waals surface area contributed by atoms with E-state index in [1.165, 1.54) is 0 Å². The molecule has 1 spiro atoms. The van der Waals surface area contributed by atoms with Crippen LogP contribution >= 0.6 is 0 Å². The molecule has 0 aromatic rings. The maximum Gasteiger partial charge on any atom is 0.325 e. The summed E-state index contributed by atoms with van der Waals surface area (Å²) in [6, 6.07) is -0.421. The molecule has 0 aromatic heterocycles. The highest BCUT2D eigenvalue weighted by atomic mass is 16.2. The van der Waals surface area contributed by atoms with Crippen molar-refractivity contribution in [1.29, 1.82) is 0 Å². The average Bonchev–Trinajstić information content (AvgIpc) is 3.19. The Hall–Kier alpha value is -1.63. The standard InChI is InChI=1S/C18H30N4O3/c1-2-13-3-7-18(8-4-13)16(24)22(17(25)21-18)12-15(23)20-10-6-14-5-9-19-11-14/h13-14,19H,2-12H2,1H3,(H,20,23)(H,21,25). The van der Waals surface area contributed by atoms with E-state index in [9.17, 15) is 14.4 Å². The fourth-order valence-electron chi connectivity index (χ4n) is 4.31. The van der Waals surface area contributed by atoms with Gasteiger partial charge < -0.3 is 16.0 Å². The van der Waals surface area contributed by atoms with Crippen molar-refractivity contribution in [3.63, 3.8) is 0 Å². The van der Waals surface area contributed by atoms with Gasteiger partial charge in [-0.3, -0.25) is 14.5 Å². The van der Waals surface area contributed by atoms with Crippen LogP contribution in [0.3, 0.4) is 0 Å². The third-order valence-electron chi connectivity index (χ3n) is 6.12. The van der Waals surface area contributed by atoms with Crippen LogP contribution in [0.4, 0.5) is 4.79 Å². The van der Waals surface area contributed by atoms with Crippen molar-refractivity contribution < 1.29 is 14.4 Å². The van der Waals surface area contributed by atoms with Crippen LogP contribution in [0.25, 0.3) is 0 Å². The largest absolute Gasteiger partial charge is 0.355 e. The van der Waals surface area contributed by atoms with Crippen molar-refractivity contribution in [3.05, 3.63) is 0 Å². The molecular weight excluding hydrogens is 320 g/mol. The second kappa shape index (κ2) is 7.72. The Labute approximate surface area is 149 Å². The Morgan fingerprint density at radius 2 is 2.00 bits per heavy atom. The van der Waals surface area contributed by atoms with Gasteiger partial charge in [0, 0.05) is 6.54 Å². The quantitative estimate of drug-likeness (QED) is 0.623. The molecule has 7 nitrogen and oxygen atoms in total. The minimum atomic E-state index is -0.765. The molecule has 2 aliphatic heterocycles. The molecular formula is C18H30N4O3. The van der Waals surface area contributed by atoms with Crippen molar-refractivity contribution in [2.24, 2.45) is 11.8 Å². The zero-order valence-corrected chi connectivity index (χ0v) is 15.1. The SMILES string of the molecule is CCC1CCC2(CC1)NC(=O)N(CC(=O)NCCC1CCNC1)C2=O. The summed E-state index contributed by atoms with van der Waals surface area (Å²) in [4.78, 5) is 38.2. The Morgan fingerprint density at radius 3 is 2.64 bits per heavy atom. The lowest BCUT2D eigenvalue weighted by molar-refractivity contribution is -0.136. The van der Waals surface area contributed by atoms with Crippen molar-refractivity contribution in [3.8, 4) is 0 Å². The highest BCUT2D eigenvalue weighted by Gasteiger charge is 2.52. The first kappa shape index (κ1) is 18.2. The third kappa shape index (κ3) is 3.97. The highest BCUT2D eigenvalue weighted by molar-refractivity contribution is 6.09. The van der Waals surface area contributed by atoms with Gasteiger partial charge >= 0.3 is 6.03 Å². The summed E-state index contributed by atoms with van der Waals surface area (Å²) >= 11 is 0. The average molecular weight is 350 g/mol. The number of hydrogen-bond acceptors (Lipinski definition) is 4. The zero-order valence-electron chi connectivity index (χ0n) is 15.1. The first-order valence-corrected chi connectivity index (χ1v) is 9.65. The molecule has 1 aliphatic carbocycles. The van der Waals surface area contributed by atoms with Gasteiger partial charge in [0.05, 0.1) is 0 Å². The minimum absolute atomic E-state index is 0.174. The first-order valence-electron chi connectivity index (χ1n) is 9.65. The Morgan fingerprint density at radius 1 is 1.24 bits per heavy atom. The summed E-state index contributed by atoms with van der Waals surface area (Å²) in [7, 11) is 0. The molecule has 3 aliphatic rings. The van der Waals surface area contributed by atoms with Crippen LogP contribution in [0.1, 0.15) is 51.9 Å². The van der Waals surface area contributed by atoms with E-state index in [-0.39, 0.29) is 18.4 Å². The molecule has 3 rings (SSSR count). The monoisotopic (exact) mass is 350 g/mol. The molecule has 2 saturated heterocycles. The fraction of sp³-hybridized carbons (Fsp3) is 0.833. The highest BCUT2D eigenvalue weighted by Crippen LogP contribution is 2.37. The second-order valence-corrected chi connectivity index (χ2v) is 7.75. The lowest BCUT2D eigenvalue weighted by Gasteiger charge is -2.34. The van der Waals surface area contributed by atoms with Gasteiger partial charge in [-0.2, -0.15) is 0 Å². The Bertz CT molecular complexity index is 522. The van der Waals surface area contributed by atoms with E-state index in [0.717, 1.165) is 50.1 Å². The van der Waals surface area contributed by atoms with Crippen molar-refractivity contribution in [2.45, 2.75) is 57.4 Å². The van der Waals surface area contributed by atoms with Gasteiger partial charge in [0.15, 0.2) is 0 Å². The molecule has 3 N–H and O–H groups in total. The van der Waals surface area contributed by atoms with Crippen LogP contribution in [0.5, 0.6) is 0 Å². The van der Waals surface area contributed by atoms with Crippen LogP contribution in [-0.2, 0) is 9.59 Å². The summed E-state index contributed by atoms with van der Waals surface area (Å²) in [6.45, 7) is 4.63. The number of amides is 4.